The number of carbonyl (C=O) groups excluding carboxylic acids is 2. The molecule has 0 radical (unpaired) electrons. The first kappa shape index (κ1) is 25.7. The highest BCUT2D eigenvalue weighted by Gasteiger charge is 2.80. The molecule has 7 atom stereocenters. The van der Waals surface area contributed by atoms with E-state index in [2.05, 4.69) is 13.5 Å². The normalized spacial score (nSPS) is 35.5. The summed E-state index contributed by atoms with van der Waals surface area (Å²) in [6.07, 6.45) is 5.88. The van der Waals surface area contributed by atoms with E-state index < -0.39 is 35.0 Å². The third-order valence-electron chi connectivity index (χ3n) is 8.22. The lowest BCUT2D eigenvalue weighted by Gasteiger charge is -2.39. The number of unbranched alkanes of at least 4 members (excludes halogenated alkanes) is 2. The summed E-state index contributed by atoms with van der Waals surface area (Å²) in [7, 11) is 0. The summed E-state index contributed by atoms with van der Waals surface area (Å²) in [4.78, 5) is 43.6. The zero-order valence-electron chi connectivity index (χ0n) is 20.5. The molecule has 3 aliphatic rings. The largest absolute Gasteiger partial charge is 0.481 e. The van der Waals surface area contributed by atoms with E-state index in [-0.39, 0.29) is 30.4 Å². The summed E-state index contributed by atoms with van der Waals surface area (Å²) in [6.45, 7) is 12.4. The van der Waals surface area contributed by atoms with Crippen LogP contribution in [0.4, 0.5) is 0 Å². The quantitative estimate of drug-likeness (QED) is 0.339. The molecule has 3 rings (SSSR count). The van der Waals surface area contributed by atoms with Gasteiger partial charge in [0.2, 0.25) is 11.8 Å². The number of rotatable bonds is 12. The van der Waals surface area contributed by atoms with Crippen molar-refractivity contribution in [3.05, 3.63) is 12.7 Å². The van der Waals surface area contributed by atoms with E-state index in [1.807, 2.05) is 13.8 Å². The molecule has 3 aliphatic heterocycles. The molecule has 3 saturated heterocycles. The summed E-state index contributed by atoms with van der Waals surface area (Å²) >= 11 is 0. The molecule has 0 saturated carbocycles. The van der Waals surface area contributed by atoms with Crippen LogP contribution in [0.2, 0.25) is 0 Å². The van der Waals surface area contributed by atoms with E-state index >= 15 is 0 Å². The Morgan fingerprint density at radius 3 is 2.64 bits per heavy atom. The first-order chi connectivity index (χ1) is 15.6. The highest BCUT2D eigenvalue weighted by molar-refractivity contribution is 5.98. The molecular weight excluding hydrogens is 424 g/mol. The molecule has 2 bridgehead atoms. The SMILES string of the molecule is C=CCN(C(=O)C1N(CCCCCO)C(=O)[C@@H]2[C@H](C(=O)O)[C@@]3(C)OC12CC3C)C(C)CCC. The summed E-state index contributed by atoms with van der Waals surface area (Å²) in [5, 5.41) is 19.2. The van der Waals surface area contributed by atoms with Gasteiger partial charge in [0.15, 0.2) is 0 Å². The minimum atomic E-state index is -1.13. The second kappa shape index (κ2) is 9.74. The number of carboxylic acid groups (broad SMARTS) is 1. The molecule has 33 heavy (non-hydrogen) atoms. The van der Waals surface area contributed by atoms with Crippen molar-refractivity contribution in [2.45, 2.75) is 89.5 Å². The lowest BCUT2D eigenvalue weighted by atomic mass is 9.62. The van der Waals surface area contributed by atoms with Crippen LogP contribution in [0.25, 0.3) is 0 Å². The van der Waals surface area contributed by atoms with Crippen LogP contribution in [-0.2, 0) is 19.1 Å². The van der Waals surface area contributed by atoms with Crippen LogP contribution >= 0.6 is 0 Å². The Kier molecular flexibility index (Phi) is 7.58. The number of hydrogen-bond donors (Lipinski definition) is 2. The molecule has 0 aromatic heterocycles. The van der Waals surface area contributed by atoms with Crippen molar-refractivity contribution in [3.8, 4) is 0 Å². The Morgan fingerprint density at radius 2 is 2.06 bits per heavy atom. The van der Waals surface area contributed by atoms with Crippen LogP contribution in [0.3, 0.4) is 0 Å². The monoisotopic (exact) mass is 464 g/mol. The van der Waals surface area contributed by atoms with Crippen LogP contribution in [-0.4, -0.2) is 80.8 Å². The molecule has 0 aromatic rings. The van der Waals surface area contributed by atoms with E-state index in [0.717, 1.165) is 19.3 Å². The minimum Gasteiger partial charge on any atom is -0.481 e. The van der Waals surface area contributed by atoms with Crippen LogP contribution in [0.15, 0.2) is 12.7 Å². The van der Waals surface area contributed by atoms with E-state index in [0.29, 0.717) is 32.4 Å². The number of nitrogens with zero attached hydrogens (tertiary/aromatic N) is 2. The second-order valence-electron chi connectivity index (χ2n) is 10.3. The molecule has 4 unspecified atom stereocenters. The molecule has 186 valence electrons. The number of aliphatic hydroxyl groups is 1. The van der Waals surface area contributed by atoms with Gasteiger partial charge in [0.05, 0.1) is 11.5 Å². The molecule has 8 heteroatoms. The van der Waals surface area contributed by atoms with Gasteiger partial charge in [-0.3, -0.25) is 14.4 Å². The third kappa shape index (κ3) is 3.99. The van der Waals surface area contributed by atoms with Gasteiger partial charge in [-0.05, 0) is 51.9 Å². The predicted octanol–water partition coefficient (Wildman–Crippen LogP) is 2.45. The van der Waals surface area contributed by atoms with Gasteiger partial charge in [-0.2, -0.15) is 0 Å². The van der Waals surface area contributed by atoms with Gasteiger partial charge >= 0.3 is 5.97 Å². The number of hydrogen-bond acceptors (Lipinski definition) is 5. The van der Waals surface area contributed by atoms with Gasteiger partial charge in [0.1, 0.15) is 17.6 Å². The molecule has 0 aromatic carbocycles. The van der Waals surface area contributed by atoms with Crippen LogP contribution in [0, 0.1) is 17.8 Å². The number of fused-ring (bicyclic) bond motifs is 1. The van der Waals surface area contributed by atoms with E-state index in [1.165, 1.54) is 0 Å². The van der Waals surface area contributed by atoms with Gasteiger partial charge < -0.3 is 24.7 Å². The molecule has 2 N–H and O–H groups in total. The van der Waals surface area contributed by atoms with Crippen LogP contribution in [0.5, 0.6) is 0 Å². The predicted molar refractivity (Wildman–Crippen MR) is 123 cm³/mol. The molecule has 8 nitrogen and oxygen atoms in total. The van der Waals surface area contributed by atoms with E-state index in [1.54, 1.807) is 22.8 Å². The van der Waals surface area contributed by atoms with Crippen molar-refractivity contribution < 1.29 is 29.3 Å². The number of carbonyl (C=O) groups is 3. The maximum Gasteiger partial charge on any atom is 0.310 e. The Bertz CT molecular complexity index is 787. The van der Waals surface area contributed by atoms with Gasteiger partial charge in [0.25, 0.3) is 0 Å². The number of ether oxygens (including phenoxy) is 1. The van der Waals surface area contributed by atoms with Crippen molar-refractivity contribution in [1.82, 2.24) is 9.80 Å². The lowest BCUT2D eigenvalue weighted by molar-refractivity contribution is -0.158. The fourth-order valence-electron chi connectivity index (χ4n) is 6.56. The Hall–Kier alpha value is -1.93. The van der Waals surface area contributed by atoms with Crippen molar-refractivity contribution in [2.24, 2.45) is 17.8 Å². The summed E-state index contributed by atoms with van der Waals surface area (Å²) < 4.78 is 6.53. The topological polar surface area (TPSA) is 107 Å². The van der Waals surface area contributed by atoms with Gasteiger partial charge in [0, 0.05) is 25.7 Å². The van der Waals surface area contributed by atoms with Gasteiger partial charge in [-0.1, -0.05) is 26.3 Å². The standard InChI is InChI=1S/C25H40N2O6/c1-6-11-17(4)26(12-7-2)22(30)20-25-15-16(3)24(5,33-25)19(23(31)32)18(25)21(29)27(20)13-9-8-10-14-28/h7,16-20,28H,2,6,8-15H2,1,3-5H3,(H,31,32)/t16?,17?,18-,19+,20?,24-,25?/m0/s1. The van der Waals surface area contributed by atoms with Crippen molar-refractivity contribution >= 4 is 17.8 Å². The second-order valence-corrected chi connectivity index (χ2v) is 10.3. The fraction of sp³-hybridized carbons (Fsp3) is 0.800. The maximum atomic E-state index is 14.1. The first-order valence-corrected chi connectivity index (χ1v) is 12.4. The van der Waals surface area contributed by atoms with Crippen molar-refractivity contribution in [1.29, 1.82) is 0 Å². The highest BCUT2D eigenvalue weighted by atomic mass is 16.5. The average Bonchev–Trinajstić information content (AvgIpc) is 3.26. The number of carboxylic acids is 1. The van der Waals surface area contributed by atoms with Gasteiger partial charge in [-0.15, -0.1) is 6.58 Å². The summed E-state index contributed by atoms with van der Waals surface area (Å²) in [6, 6.07) is -0.888. The smallest absolute Gasteiger partial charge is 0.310 e. The van der Waals surface area contributed by atoms with Crippen LogP contribution < -0.4 is 0 Å². The van der Waals surface area contributed by atoms with Crippen LogP contribution in [0.1, 0.15) is 66.2 Å². The zero-order chi connectivity index (χ0) is 24.6. The maximum absolute atomic E-state index is 14.1. The fourth-order valence-corrected chi connectivity index (χ4v) is 6.56. The number of likely N-dealkylation sites (tertiary alicyclic amines) is 1. The summed E-state index contributed by atoms with van der Waals surface area (Å²) in [5.74, 6) is -3.45. The highest BCUT2D eigenvalue weighted by Crippen LogP contribution is 2.65. The Labute approximate surface area is 196 Å². The van der Waals surface area contributed by atoms with Crippen molar-refractivity contribution in [2.75, 3.05) is 19.7 Å². The Balaban J connectivity index is 2.04. The average molecular weight is 465 g/mol. The lowest BCUT2D eigenvalue weighted by Crippen LogP contribution is -2.58. The van der Waals surface area contributed by atoms with Gasteiger partial charge in [-0.25, -0.2) is 0 Å². The molecule has 3 fully saturated rings. The number of aliphatic carboxylic acids is 1. The van der Waals surface area contributed by atoms with Crippen molar-refractivity contribution in [3.63, 3.8) is 0 Å². The Morgan fingerprint density at radius 1 is 1.36 bits per heavy atom. The zero-order valence-corrected chi connectivity index (χ0v) is 20.5. The number of amides is 2. The minimum absolute atomic E-state index is 0.0378. The first-order valence-electron chi connectivity index (χ1n) is 12.4. The van der Waals surface area contributed by atoms with E-state index in [9.17, 15) is 19.5 Å². The molecule has 1 spiro atoms. The summed E-state index contributed by atoms with van der Waals surface area (Å²) in [5.41, 5.74) is -2.11. The number of aliphatic hydroxyl groups excluding tert-OH is 1. The molecular formula is C25H40N2O6. The molecule has 2 amide bonds. The molecule has 0 aliphatic carbocycles. The van der Waals surface area contributed by atoms with E-state index in [4.69, 9.17) is 9.84 Å². The molecule has 3 heterocycles. The third-order valence-corrected chi connectivity index (χ3v) is 8.22.